The third-order valence-electron chi connectivity index (χ3n) is 3.41. The fraction of sp³-hybridized carbons (Fsp3) is 0.286. The molecule has 3 nitrogen and oxygen atoms in total. The van der Waals surface area contributed by atoms with Gasteiger partial charge >= 0.3 is 0 Å². The van der Waals surface area contributed by atoms with Crippen LogP contribution >= 0.6 is 0 Å². The molecule has 2 aromatic rings. The number of nitrogens with zero attached hydrogens (tertiary/aromatic N) is 1. The molecule has 0 saturated heterocycles. The zero-order chi connectivity index (χ0) is 11.8. The molecular formula is C14H14N2O. The van der Waals surface area contributed by atoms with Gasteiger partial charge in [0.05, 0.1) is 5.52 Å². The van der Waals surface area contributed by atoms with Gasteiger partial charge in [-0.05, 0) is 30.0 Å². The molecular weight excluding hydrogens is 212 g/mol. The summed E-state index contributed by atoms with van der Waals surface area (Å²) in [5, 5.41) is 3.85. The van der Waals surface area contributed by atoms with Crippen molar-refractivity contribution in [3.8, 4) is 0 Å². The van der Waals surface area contributed by atoms with E-state index in [9.17, 15) is 4.79 Å². The highest BCUT2D eigenvalue weighted by molar-refractivity contribution is 5.83. The molecule has 1 aromatic heterocycles. The molecule has 3 rings (SSSR count). The second-order valence-corrected chi connectivity index (χ2v) is 4.52. The predicted octanol–water partition coefficient (Wildman–Crippen LogP) is 2.08. The second kappa shape index (κ2) is 3.84. The number of amides is 1. The number of hydrogen-bond donors (Lipinski definition) is 1. The highest BCUT2D eigenvalue weighted by Crippen LogP contribution is 2.47. The van der Waals surface area contributed by atoms with Gasteiger partial charge in [-0.3, -0.25) is 9.78 Å². The normalized spacial score (nSPS) is 22.4. The number of carbonyl (C=O) groups excluding carboxylic acids is 1. The van der Waals surface area contributed by atoms with Crippen LogP contribution in [-0.2, 0) is 4.79 Å². The lowest BCUT2D eigenvalue weighted by Gasteiger charge is -2.02. The fourth-order valence-electron chi connectivity index (χ4n) is 2.33. The molecule has 0 aliphatic heterocycles. The molecule has 86 valence electrons. The van der Waals surface area contributed by atoms with Crippen molar-refractivity contribution in [2.24, 2.45) is 5.92 Å². The molecule has 1 heterocycles. The summed E-state index contributed by atoms with van der Waals surface area (Å²) in [6, 6.07) is 10.2. The summed E-state index contributed by atoms with van der Waals surface area (Å²) < 4.78 is 0. The lowest BCUT2D eigenvalue weighted by molar-refractivity contribution is -0.121. The summed E-state index contributed by atoms with van der Waals surface area (Å²) in [7, 11) is 1.69. The van der Waals surface area contributed by atoms with E-state index in [4.69, 9.17) is 0 Å². The lowest BCUT2D eigenvalue weighted by Crippen LogP contribution is -2.20. The van der Waals surface area contributed by atoms with Crippen molar-refractivity contribution < 1.29 is 4.79 Å². The lowest BCUT2D eigenvalue weighted by atomic mass is 10.1. The summed E-state index contributed by atoms with van der Waals surface area (Å²) in [6.07, 6.45) is 2.84. The summed E-state index contributed by atoms with van der Waals surface area (Å²) in [5.41, 5.74) is 2.19. The van der Waals surface area contributed by atoms with E-state index in [2.05, 4.69) is 22.4 Å². The highest BCUT2D eigenvalue weighted by Gasteiger charge is 2.43. The highest BCUT2D eigenvalue weighted by atomic mass is 16.1. The van der Waals surface area contributed by atoms with Crippen molar-refractivity contribution >= 4 is 16.8 Å². The van der Waals surface area contributed by atoms with Crippen LogP contribution in [0.5, 0.6) is 0 Å². The van der Waals surface area contributed by atoms with E-state index in [1.807, 2.05) is 24.4 Å². The summed E-state index contributed by atoms with van der Waals surface area (Å²) >= 11 is 0. The predicted molar refractivity (Wildman–Crippen MR) is 66.7 cm³/mol. The van der Waals surface area contributed by atoms with Gasteiger partial charge in [0.15, 0.2) is 0 Å². The van der Waals surface area contributed by atoms with Crippen LogP contribution in [0.25, 0.3) is 10.9 Å². The van der Waals surface area contributed by atoms with Crippen LogP contribution in [0.3, 0.4) is 0 Å². The Hall–Kier alpha value is -1.90. The van der Waals surface area contributed by atoms with Crippen LogP contribution in [0, 0.1) is 5.92 Å². The quantitative estimate of drug-likeness (QED) is 0.852. The number of pyridine rings is 1. The molecule has 1 saturated carbocycles. The minimum absolute atomic E-state index is 0.142. The van der Waals surface area contributed by atoms with Gasteiger partial charge in [0, 0.05) is 24.5 Å². The Morgan fingerprint density at radius 2 is 2.24 bits per heavy atom. The van der Waals surface area contributed by atoms with Gasteiger partial charge < -0.3 is 5.32 Å². The molecule has 1 N–H and O–H groups in total. The van der Waals surface area contributed by atoms with E-state index >= 15 is 0 Å². The number of carbonyl (C=O) groups is 1. The summed E-state index contributed by atoms with van der Waals surface area (Å²) in [4.78, 5) is 15.9. The standard InChI is InChI=1S/C14H14N2O/c1-15-14(17)12-7-11(12)10-6-9-4-2-3-5-13(9)16-8-10/h2-6,8,11-12H,7H2,1H3,(H,15,17). The smallest absolute Gasteiger partial charge is 0.223 e. The van der Waals surface area contributed by atoms with E-state index < -0.39 is 0 Å². The van der Waals surface area contributed by atoms with Crippen molar-refractivity contribution in [3.05, 3.63) is 42.1 Å². The van der Waals surface area contributed by atoms with Crippen LogP contribution in [0.4, 0.5) is 0 Å². The average Bonchev–Trinajstić information content (AvgIpc) is 3.17. The minimum Gasteiger partial charge on any atom is -0.359 e. The van der Waals surface area contributed by atoms with Crippen LogP contribution in [0.2, 0.25) is 0 Å². The maximum Gasteiger partial charge on any atom is 0.223 e. The van der Waals surface area contributed by atoms with Gasteiger partial charge in [0.25, 0.3) is 0 Å². The Labute approximate surface area is 99.9 Å². The van der Waals surface area contributed by atoms with Gasteiger partial charge in [-0.2, -0.15) is 0 Å². The van der Waals surface area contributed by atoms with Gasteiger partial charge in [0.2, 0.25) is 5.91 Å². The van der Waals surface area contributed by atoms with Crippen molar-refractivity contribution in [2.45, 2.75) is 12.3 Å². The molecule has 1 aliphatic rings. The van der Waals surface area contributed by atoms with Gasteiger partial charge in [-0.25, -0.2) is 0 Å². The molecule has 0 bridgehead atoms. The molecule has 1 amide bonds. The van der Waals surface area contributed by atoms with E-state index in [0.717, 1.165) is 17.3 Å². The Kier molecular flexibility index (Phi) is 2.32. The zero-order valence-electron chi connectivity index (χ0n) is 9.68. The number of benzene rings is 1. The SMILES string of the molecule is CNC(=O)C1CC1c1cnc2ccccc2c1. The fourth-order valence-corrected chi connectivity index (χ4v) is 2.33. The van der Waals surface area contributed by atoms with Crippen molar-refractivity contribution in [3.63, 3.8) is 0 Å². The molecule has 1 fully saturated rings. The Bertz CT molecular complexity index is 579. The van der Waals surface area contributed by atoms with E-state index in [1.165, 1.54) is 5.56 Å². The molecule has 0 spiro atoms. The van der Waals surface area contributed by atoms with Crippen molar-refractivity contribution in [2.75, 3.05) is 7.05 Å². The summed E-state index contributed by atoms with van der Waals surface area (Å²) in [5.74, 6) is 0.637. The van der Waals surface area contributed by atoms with Crippen LogP contribution in [0.15, 0.2) is 36.5 Å². The van der Waals surface area contributed by atoms with Crippen molar-refractivity contribution in [1.29, 1.82) is 0 Å². The number of aromatic nitrogens is 1. The van der Waals surface area contributed by atoms with Gasteiger partial charge in [-0.1, -0.05) is 18.2 Å². The van der Waals surface area contributed by atoms with Crippen LogP contribution in [-0.4, -0.2) is 17.9 Å². The maximum absolute atomic E-state index is 11.5. The molecule has 17 heavy (non-hydrogen) atoms. The molecule has 2 atom stereocenters. The summed E-state index contributed by atoms with van der Waals surface area (Å²) in [6.45, 7) is 0. The maximum atomic E-state index is 11.5. The van der Waals surface area contributed by atoms with Gasteiger partial charge in [0.1, 0.15) is 0 Å². The van der Waals surface area contributed by atoms with E-state index in [-0.39, 0.29) is 11.8 Å². The van der Waals surface area contributed by atoms with Crippen LogP contribution in [0.1, 0.15) is 17.9 Å². The van der Waals surface area contributed by atoms with Gasteiger partial charge in [-0.15, -0.1) is 0 Å². The molecule has 0 radical (unpaired) electrons. The largest absolute Gasteiger partial charge is 0.359 e. The molecule has 1 aliphatic carbocycles. The third-order valence-corrected chi connectivity index (χ3v) is 3.41. The zero-order valence-corrected chi connectivity index (χ0v) is 9.68. The number of hydrogen-bond acceptors (Lipinski definition) is 2. The first kappa shape index (κ1) is 10.3. The monoisotopic (exact) mass is 226 g/mol. The Balaban J connectivity index is 1.90. The number of rotatable bonds is 2. The third kappa shape index (κ3) is 1.78. The van der Waals surface area contributed by atoms with Crippen molar-refractivity contribution in [1.82, 2.24) is 10.3 Å². The number of fused-ring (bicyclic) bond motifs is 1. The van der Waals surface area contributed by atoms with E-state index in [0.29, 0.717) is 5.92 Å². The molecule has 3 heteroatoms. The molecule has 1 aromatic carbocycles. The first-order valence-electron chi connectivity index (χ1n) is 5.86. The van der Waals surface area contributed by atoms with Crippen LogP contribution < -0.4 is 5.32 Å². The second-order valence-electron chi connectivity index (χ2n) is 4.52. The first-order valence-corrected chi connectivity index (χ1v) is 5.86. The average molecular weight is 226 g/mol. The topological polar surface area (TPSA) is 42.0 Å². The molecule has 2 unspecified atom stereocenters. The van der Waals surface area contributed by atoms with E-state index in [1.54, 1.807) is 7.05 Å². The Morgan fingerprint density at radius 1 is 1.41 bits per heavy atom. The number of para-hydroxylation sites is 1. The first-order chi connectivity index (χ1) is 8.29. The minimum atomic E-state index is 0.142. The Morgan fingerprint density at radius 3 is 3.06 bits per heavy atom. The number of nitrogens with one attached hydrogen (secondary N) is 1.